The third kappa shape index (κ3) is 3.34. The molecule has 1 atom stereocenters. The van der Waals surface area contributed by atoms with Gasteiger partial charge in [0.05, 0.1) is 12.2 Å². The number of aromatic nitrogens is 2. The van der Waals surface area contributed by atoms with Gasteiger partial charge in [-0.05, 0) is 44.4 Å². The predicted molar refractivity (Wildman–Crippen MR) is 106 cm³/mol. The van der Waals surface area contributed by atoms with Crippen LogP contribution in [0.5, 0.6) is 0 Å². The second-order valence-corrected chi connectivity index (χ2v) is 8.50. The van der Waals surface area contributed by atoms with Gasteiger partial charge < -0.3 is 14.5 Å². The number of rotatable bonds is 3. The molecule has 0 amide bonds. The molecule has 5 heteroatoms. The zero-order chi connectivity index (χ0) is 18.1. The molecule has 0 saturated carbocycles. The van der Waals surface area contributed by atoms with Crippen molar-refractivity contribution < 1.29 is 4.74 Å². The van der Waals surface area contributed by atoms with Gasteiger partial charge in [-0.1, -0.05) is 26.0 Å². The van der Waals surface area contributed by atoms with Gasteiger partial charge in [-0.25, -0.2) is 9.97 Å². The molecule has 2 fully saturated rings. The van der Waals surface area contributed by atoms with Crippen molar-refractivity contribution in [1.29, 1.82) is 0 Å². The summed E-state index contributed by atoms with van der Waals surface area (Å²) in [5, 5.41) is 0. The van der Waals surface area contributed by atoms with Crippen LogP contribution in [0.1, 0.15) is 45.1 Å². The Kier molecular flexibility index (Phi) is 4.91. The topological polar surface area (TPSA) is 41.5 Å². The molecule has 26 heavy (non-hydrogen) atoms. The molecular formula is C21H32N4O. The first-order chi connectivity index (χ1) is 12.6. The van der Waals surface area contributed by atoms with Crippen LogP contribution in [0.3, 0.4) is 0 Å². The third-order valence-electron chi connectivity index (χ3n) is 6.53. The molecule has 142 valence electrons. The van der Waals surface area contributed by atoms with Gasteiger partial charge in [-0.3, -0.25) is 0 Å². The Morgan fingerprint density at radius 2 is 1.85 bits per heavy atom. The summed E-state index contributed by atoms with van der Waals surface area (Å²) in [5.41, 5.74) is 1.22. The first kappa shape index (κ1) is 17.8. The van der Waals surface area contributed by atoms with Crippen LogP contribution in [0, 0.1) is 18.8 Å². The lowest BCUT2D eigenvalue weighted by Gasteiger charge is -2.40. The van der Waals surface area contributed by atoms with E-state index in [1.807, 2.05) is 0 Å². The summed E-state index contributed by atoms with van der Waals surface area (Å²) in [6, 6.07) is 0. The van der Waals surface area contributed by atoms with E-state index in [0.29, 0.717) is 0 Å². The van der Waals surface area contributed by atoms with E-state index in [1.165, 1.54) is 18.4 Å². The fraction of sp³-hybridized carbons (Fsp3) is 0.714. The highest BCUT2D eigenvalue weighted by Crippen LogP contribution is 2.35. The van der Waals surface area contributed by atoms with E-state index < -0.39 is 0 Å². The second-order valence-electron chi connectivity index (χ2n) is 8.50. The number of hydrogen-bond donors (Lipinski definition) is 0. The smallest absolute Gasteiger partial charge is 0.137 e. The molecular weight excluding hydrogens is 324 g/mol. The monoisotopic (exact) mass is 356 g/mol. The first-order valence-electron chi connectivity index (χ1n) is 10.2. The fourth-order valence-corrected chi connectivity index (χ4v) is 4.75. The molecule has 0 aliphatic carbocycles. The Hall–Kier alpha value is -1.62. The Balaban J connectivity index is 1.50. The van der Waals surface area contributed by atoms with Gasteiger partial charge in [0.1, 0.15) is 18.0 Å². The number of anilines is 2. The van der Waals surface area contributed by atoms with Crippen LogP contribution in [-0.2, 0) is 4.74 Å². The normalized spacial score (nSPS) is 25.5. The average Bonchev–Trinajstić information content (AvgIpc) is 3.11. The Morgan fingerprint density at radius 1 is 1.12 bits per heavy atom. The Labute approximate surface area is 157 Å². The molecule has 0 radical (unpaired) electrons. The molecule has 3 aliphatic rings. The molecule has 5 nitrogen and oxygen atoms in total. The lowest BCUT2D eigenvalue weighted by molar-refractivity contribution is 0.00716. The van der Waals surface area contributed by atoms with Gasteiger partial charge in [0.2, 0.25) is 0 Å². The molecule has 0 N–H and O–H groups in total. The van der Waals surface area contributed by atoms with Crippen molar-refractivity contribution in [1.82, 2.24) is 9.97 Å². The van der Waals surface area contributed by atoms with Crippen LogP contribution in [0.25, 0.3) is 0 Å². The molecule has 2 saturated heterocycles. The van der Waals surface area contributed by atoms with E-state index in [1.54, 1.807) is 6.33 Å². The molecule has 1 unspecified atom stereocenters. The van der Waals surface area contributed by atoms with Crippen molar-refractivity contribution in [3.63, 3.8) is 0 Å². The molecule has 4 heterocycles. The summed E-state index contributed by atoms with van der Waals surface area (Å²) in [6.45, 7) is 11.9. The largest absolute Gasteiger partial charge is 0.367 e. The predicted octanol–water partition coefficient (Wildman–Crippen LogP) is 3.58. The van der Waals surface area contributed by atoms with Gasteiger partial charge in [-0.15, -0.1) is 0 Å². The summed E-state index contributed by atoms with van der Waals surface area (Å²) in [5.74, 6) is 3.75. The van der Waals surface area contributed by atoms with Gasteiger partial charge >= 0.3 is 0 Å². The minimum atomic E-state index is -0.0162. The molecule has 4 rings (SSSR count). The maximum atomic E-state index is 5.97. The van der Waals surface area contributed by atoms with Gasteiger partial charge in [-0.2, -0.15) is 0 Å². The number of nitrogens with zero attached hydrogens (tertiary/aromatic N) is 4. The maximum Gasteiger partial charge on any atom is 0.137 e. The van der Waals surface area contributed by atoms with Crippen molar-refractivity contribution in [2.75, 3.05) is 42.6 Å². The standard InChI is InChI=1S/C21H32N4O/c1-16(2)18-6-4-10-25(14-18)20-17(3)19(22-15-23-20)24-11-8-21(9-12-24)7-5-13-26-21/h5,7,15-16,18H,4,6,8-14H2,1-3H3. The first-order valence-corrected chi connectivity index (χ1v) is 10.2. The minimum Gasteiger partial charge on any atom is -0.367 e. The summed E-state index contributed by atoms with van der Waals surface area (Å²) in [4.78, 5) is 14.2. The van der Waals surface area contributed by atoms with Crippen molar-refractivity contribution >= 4 is 11.6 Å². The van der Waals surface area contributed by atoms with Crippen LogP contribution in [0.15, 0.2) is 18.5 Å². The van der Waals surface area contributed by atoms with Crippen LogP contribution in [-0.4, -0.2) is 48.4 Å². The van der Waals surface area contributed by atoms with E-state index in [-0.39, 0.29) is 5.60 Å². The maximum absolute atomic E-state index is 5.97. The third-order valence-corrected chi connectivity index (χ3v) is 6.53. The Morgan fingerprint density at radius 3 is 2.50 bits per heavy atom. The zero-order valence-electron chi connectivity index (χ0n) is 16.4. The molecule has 1 aromatic heterocycles. The van der Waals surface area contributed by atoms with Crippen LogP contribution in [0.2, 0.25) is 0 Å². The summed E-state index contributed by atoms with van der Waals surface area (Å²) in [6.07, 6.45) is 10.9. The lowest BCUT2D eigenvalue weighted by Crippen LogP contribution is -2.44. The van der Waals surface area contributed by atoms with E-state index in [4.69, 9.17) is 4.74 Å². The highest BCUT2D eigenvalue weighted by Gasteiger charge is 2.36. The Bertz CT molecular complexity index is 664. The molecule has 1 aromatic rings. The van der Waals surface area contributed by atoms with Gasteiger partial charge in [0.25, 0.3) is 0 Å². The molecule has 1 spiro atoms. The van der Waals surface area contributed by atoms with Crippen LogP contribution >= 0.6 is 0 Å². The van der Waals surface area contributed by atoms with Gasteiger partial charge in [0.15, 0.2) is 0 Å². The molecule has 0 aromatic carbocycles. The number of ether oxygens (including phenoxy) is 1. The highest BCUT2D eigenvalue weighted by molar-refractivity contribution is 5.59. The SMILES string of the molecule is Cc1c(N2CCC3(C=CCO3)CC2)ncnc1N1CCCC(C(C)C)C1. The summed E-state index contributed by atoms with van der Waals surface area (Å²) < 4.78 is 5.97. The molecule has 3 aliphatic heterocycles. The summed E-state index contributed by atoms with van der Waals surface area (Å²) >= 11 is 0. The van der Waals surface area contributed by atoms with E-state index in [0.717, 1.165) is 69.1 Å². The summed E-state index contributed by atoms with van der Waals surface area (Å²) in [7, 11) is 0. The minimum absolute atomic E-state index is 0.0162. The van der Waals surface area contributed by atoms with Crippen molar-refractivity contribution in [3.05, 3.63) is 24.0 Å². The van der Waals surface area contributed by atoms with E-state index >= 15 is 0 Å². The fourth-order valence-electron chi connectivity index (χ4n) is 4.75. The van der Waals surface area contributed by atoms with Crippen LogP contribution in [0.4, 0.5) is 11.6 Å². The van der Waals surface area contributed by atoms with Crippen molar-refractivity contribution in [2.45, 2.75) is 52.1 Å². The lowest BCUT2D eigenvalue weighted by atomic mass is 9.88. The van der Waals surface area contributed by atoms with Crippen molar-refractivity contribution in [3.8, 4) is 0 Å². The van der Waals surface area contributed by atoms with Crippen molar-refractivity contribution in [2.24, 2.45) is 11.8 Å². The van der Waals surface area contributed by atoms with Crippen LogP contribution < -0.4 is 9.80 Å². The quantitative estimate of drug-likeness (QED) is 0.774. The van der Waals surface area contributed by atoms with E-state index in [9.17, 15) is 0 Å². The van der Waals surface area contributed by atoms with Gasteiger partial charge in [0, 0.05) is 31.7 Å². The highest BCUT2D eigenvalue weighted by atomic mass is 16.5. The second kappa shape index (κ2) is 7.18. The average molecular weight is 357 g/mol. The molecule has 0 bridgehead atoms. The van der Waals surface area contributed by atoms with E-state index in [2.05, 4.69) is 52.7 Å². The zero-order valence-corrected chi connectivity index (χ0v) is 16.4. The number of hydrogen-bond acceptors (Lipinski definition) is 5. The number of piperidine rings is 2.